The summed E-state index contributed by atoms with van der Waals surface area (Å²) < 4.78 is 19.0. The fraction of sp³-hybridized carbons (Fsp3) is 0.391. The van der Waals surface area contributed by atoms with Gasteiger partial charge in [-0.05, 0) is 75.1 Å². The molecule has 2 aromatic carbocycles. The van der Waals surface area contributed by atoms with Crippen LogP contribution in [0.2, 0.25) is 0 Å². The Labute approximate surface area is 171 Å². The number of hydrogen-bond acceptors (Lipinski definition) is 3. The Morgan fingerprint density at radius 3 is 2.41 bits per heavy atom. The number of ether oxygens (including phenoxy) is 1. The minimum atomic E-state index is -0.684. The van der Waals surface area contributed by atoms with Gasteiger partial charge in [-0.2, -0.15) is 0 Å². The van der Waals surface area contributed by atoms with Crippen molar-refractivity contribution in [2.75, 3.05) is 13.2 Å². The molecule has 0 saturated heterocycles. The summed E-state index contributed by atoms with van der Waals surface area (Å²) in [6.45, 7) is 9.88. The first-order valence-corrected chi connectivity index (χ1v) is 9.75. The van der Waals surface area contributed by atoms with Gasteiger partial charge in [0.05, 0.1) is 0 Å². The second-order valence-electron chi connectivity index (χ2n) is 7.21. The van der Waals surface area contributed by atoms with Gasteiger partial charge in [0.15, 0.2) is 6.61 Å². The van der Waals surface area contributed by atoms with Gasteiger partial charge in [-0.1, -0.05) is 18.2 Å². The Morgan fingerprint density at radius 1 is 1.14 bits per heavy atom. The van der Waals surface area contributed by atoms with Gasteiger partial charge in [0.25, 0.3) is 5.91 Å². The van der Waals surface area contributed by atoms with Crippen molar-refractivity contribution in [3.63, 3.8) is 0 Å². The first-order chi connectivity index (χ1) is 13.7. The lowest BCUT2D eigenvalue weighted by molar-refractivity contribution is -0.142. The second-order valence-corrected chi connectivity index (χ2v) is 7.21. The van der Waals surface area contributed by atoms with E-state index in [2.05, 4.69) is 11.4 Å². The Morgan fingerprint density at radius 2 is 1.79 bits per heavy atom. The SMILES string of the molecule is CCNC(=O)C(C)N(Cc1ccc(F)cc1)C(=O)COc1cc(C)cc(C)c1C. The molecule has 0 aliphatic rings. The Kier molecular flexibility index (Phi) is 7.76. The van der Waals surface area contributed by atoms with Crippen LogP contribution in [-0.4, -0.2) is 35.9 Å². The molecule has 156 valence electrons. The molecular weight excluding hydrogens is 371 g/mol. The highest BCUT2D eigenvalue weighted by atomic mass is 19.1. The summed E-state index contributed by atoms with van der Waals surface area (Å²) in [5.74, 6) is -0.252. The van der Waals surface area contributed by atoms with Crippen molar-refractivity contribution < 1.29 is 18.7 Å². The summed E-state index contributed by atoms with van der Waals surface area (Å²) in [5, 5.41) is 2.74. The quantitative estimate of drug-likeness (QED) is 0.735. The number of nitrogens with one attached hydrogen (secondary N) is 1. The molecule has 0 saturated carbocycles. The zero-order chi connectivity index (χ0) is 21.6. The number of aryl methyl sites for hydroxylation is 2. The van der Waals surface area contributed by atoms with Crippen LogP contribution in [0.15, 0.2) is 36.4 Å². The molecule has 0 aliphatic carbocycles. The number of amides is 2. The van der Waals surface area contributed by atoms with Gasteiger partial charge < -0.3 is 15.0 Å². The van der Waals surface area contributed by atoms with Crippen LogP contribution in [0.1, 0.15) is 36.1 Å². The van der Waals surface area contributed by atoms with E-state index < -0.39 is 6.04 Å². The summed E-state index contributed by atoms with van der Waals surface area (Å²) in [5.41, 5.74) is 3.85. The number of carbonyl (C=O) groups is 2. The minimum Gasteiger partial charge on any atom is -0.483 e. The van der Waals surface area contributed by atoms with E-state index in [4.69, 9.17) is 4.74 Å². The molecule has 29 heavy (non-hydrogen) atoms. The molecule has 1 unspecified atom stereocenters. The zero-order valence-corrected chi connectivity index (χ0v) is 17.7. The topological polar surface area (TPSA) is 58.6 Å². The predicted molar refractivity (Wildman–Crippen MR) is 111 cm³/mol. The van der Waals surface area contributed by atoms with Crippen molar-refractivity contribution in [1.82, 2.24) is 10.2 Å². The van der Waals surface area contributed by atoms with Gasteiger partial charge in [-0.25, -0.2) is 4.39 Å². The summed E-state index contributed by atoms with van der Waals surface area (Å²) in [6, 6.07) is 9.16. The van der Waals surface area contributed by atoms with E-state index in [1.165, 1.54) is 17.0 Å². The highest BCUT2D eigenvalue weighted by molar-refractivity contribution is 5.87. The molecular formula is C23H29FN2O3. The molecule has 2 rings (SSSR count). The van der Waals surface area contributed by atoms with Crippen molar-refractivity contribution in [2.24, 2.45) is 0 Å². The third kappa shape index (κ3) is 6.04. The molecule has 2 amide bonds. The number of likely N-dealkylation sites (N-methyl/N-ethyl adjacent to an activating group) is 1. The van der Waals surface area contributed by atoms with Crippen LogP contribution in [0.4, 0.5) is 4.39 Å². The monoisotopic (exact) mass is 400 g/mol. The third-order valence-electron chi connectivity index (χ3n) is 4.90. The van der Waals surface area contributed by atoms with E-state index in [1.54, 1.807) is 19.1 Å². The highest BCUT2D eigenvalue weighted by Gasteiger charge is 2.26. The van der Waals surface area contributed by atoms with E-state index in [9.17, 15) is 14.0 Å². The number of nitrogens with zero attached hydrogens (tertiary/aromatic N) is 1. The summed E-state index contributed by atoms with van der Waals surface area (Å²) in [7, 11) is 0. The molecule has 0 spiro atoms. The third-order valence-corrected chi connectivity index (χ3v) is 4.90. The zero-order valence-electron chi connectivity index (χ0n) is 17.7. The van der Waals surface area contributed by atoms with Crippen LogP contribution in [0, 0.1) is 26.6 Å². The number of halogens is 1. The smallest absolute Gasteiger partial charge is 0.261 e. The van der Waals surface area contributed by atoms with Gasteiger partial charge in [0, 0.05) is 13.1 Å². The molecule has 0 aromatic heterocycles. The van der Waals surface area contributed by atoms with E-state index in [1.807, 2.05) is 33.8 Å². The predicted octanol–water partition coefficient (Wildman–Crippen LogP) is 3.68. The summed E-state index contributed by atoms with van der Waals surface area (Å²) in [6.07, 6.45) is 0. The maximum absolute atomic E-state index is 13.2. The summed E-state index contributed by atoms with van der Waals surface area (Å²) in [4.78, 5) is 26.8. The van der Waals surface area contributed by atoms with Crippen LogP contribution < -0.4 is 10.1 Å². The summed E-state index contributed by atoms with van der Waals surface area (Å²) >= 11 is 0. The fourth-order valence-electron chi connectivity index (χ4n) is 3.06. The first-order valence-electron chi connectivity index (χ1n) is 9.75. The van der Waals surface area contributed by atoms with Gasteiger partial charge in [-0.15, -0.1) is 0 Å². The molecule has 6 heteroatoms. The standard InChI is InChI=1S/C23H29FN2O3/c1-6-25-23(28)18(5)26(13-19-7-9-20(24)10-8-19)22(27)14-29-21-12-15(2)11-16(3)17(21)4/h7-12,18H,6,13-14H2,1-5H3,(H,25,28). The van der Waals surface area contributed by atoms with Crippen LogP contribution in [0.3, 0.4) is 0 Å². The number of benzene rings is 2. The molecule has 0 bridgehead atoms. The second kappa shape index (κ2) is 10.0. The molecule has 1 N–H and O–H groups in total. The Hall–Kier alpha value is -2.89. The van der Waals surface area contributed by atoms with Gasteiger partial charge >= 0.3 is 0 Å². The molecule has 0 aliphatic heterocycles. The van der Waals surface area contributed by atoms with Crippen LogP contribution >= 0.6 is 0 Å². The van der Waals surface area contributed by atoms with Crippen LogP contribution in [-0.2, 0) is 16.1 Å². The number of carbonyl (C=O) groups excluding carboxylic acids is 2. The van der Waals surface area contributed by atoms with Crippen molar-refractivity contribution >= 4 is 11.8 Å². The molecule has 0 radical (unpaired) electrons. The van der Waals surface area contributed by atoms with Gasteiger partial charge in [0.2, 0.25) is 5.91 Å². The Bertz CT molecular complexity index is 865. The van der Waals surface area contributed by atoms with E-state index in [0.717, 1.165) is 22.3 Å². The average Bonchev–Trinajstić information content (AvgIpc) is 2.68. The molecule has 2 aromatic rings. The Balaban J connectivity index is 2.19. The van der Waals surface area contributed by atoms with Crippen LogP contribution in [0.25, 0.3) is 0 Å². The maximum Gasteiger partial charge on any atom is 0.261 e. The lowest BCUT2D eigenvalue weighted by Crippen LogP contribution is -2.49. The fourth-order valence-corrected chi connectivity index (χ4v) is 3.06. The largest absolute Gasteiger partial charge is 0.483 e. The minimum absolute atomic E-state index is 0.186. The van der Waals surface area contributed by atoms with Crippen molar-refractivity contribution in [2.45, 2.75) is 47.2 Å². The molecule has 1 atom stereocenters. The molecule has 5 nitrogen and oxygen atoms in total. The first kappa shape index (κ1) is 22.4. The van der Waals surface area contributed by atoms with Gasteiger partial charge in [0.1, 0.15) is 17.6 Å². The number of hydrogen-bond donors (Lipinski definition) is 1. The van der Waals surface area contributed by atoms with E-state index in [0.29, 0.717) is 12.3 Å². The maximum atomic E-state index is 13.2. The molecule has 0 heterocycles. The number of rotatable bonds is 8. The lowest BCUT2D eigenvalue weighted by Gasteiger charge is -2.28. The average molecular weight is 400 g/mol. The highest BCUT2D eigenvalue weighted by Crippen LogP contribution is 2.23. The van der Waals surface area contributed by atoms with Gasteiger partial charge in [-0.3, -0.25) is 9.59 Å². The molecule has 0 fully saturated rings. The normalized spacial score (nSPS) is 11.7. The van der Waals surface area contributed by atoms with E-state index in [-0.39, 0.29) is 30.8 Å². The lowest BCUT2D eigenvalue weighted by atomic mass is 10.1. The van der Waals surface area contributed by atoms with Crippen molar-refractivity contribution in [3.05, 3.63) is 64.5 Å². The van der Waals surface area contributed by atoms with Crippen molar-refractivity contribution in [3.8, 4) is 5.75 Å². The van der Waals surface area contributed by atoms with Crippen molar-refractivity contribution in [1.29, 1.82) is 0 Å². The van der Waals surface area contributed by atoms with E-state index >= 15 is 0 Å². The van der Waals surface area contributed by atoms with Crippen LogP contribution in [0.5, 0.6) is 5.75 Å².